The largest absolute Gasteiger partial charge is 0.493 e. The Kier molecular flexibility index (Phi) is 6.01. The SMILES string of the molecule is COc1cnc(Nc2ccc3c(c2)CCNC3)nc1-c1cc(F)c2c(c1)N(C(C)C)CC(C)(C)O2. The number of anilines is 3. The Morgan fingerprint density at radius 3 is 2.80 bits per heavy atom. The third-order valence-electron chi connectivity index (χ3n) is 6.48. The van der Waals surface area contributed by atoms with Crippen molar-refractivity contribution in [3.8, 4) is 22.8 Å². The number of nitrogens with one attached hydrogen (secondary N) is 2. The predicted octanol–water partition coefficient (Wildman–Crippen LogP) is 5.07. The summed E-state index contributed by atoms with van der Waals surface area (Å²) in [7, 11) is 1.56. The number of fused-ring (bicyclic) bond motifs is 2. The molecular formula is C27H32FN5O2. The molecule has 184 valence electrons. The zero-order chi connectivity index (χ0) is 24.7. The Morgan fingerprint density at radius 2 is 2.03 bits per heavy atom. The minimum Gasteiger partial charge on any atom is -0.493 e. The highest BCUT2D eigenvalue weighted by Crippen LogP contribution is 2.43. The monoisotopic (exact) mass is 477 g/mol. The van der Waals surface area contributed by atoms with Crippen LogP contribution in [-0.4, -0.2) is 41.8 Å². The highest BCUT2D eigenvalue weighted by molar-refractivity contribution is 5.76. The van der Waals surface area contributed by atoms with E-state index in [0.29, 0.717) is 35.2 Å². The van der Waals surface area contributed by atoms with Gasteiger partial charge in [-0.15, -0.1) is 0 Å². The van der Waals surface area contributed by atoms with Crippen LogP contribution in [0, 0.1) is 5.82 Å². The number of nitrogens with zero attached hydrogens (tertiary/aromatic N) is 3. The smallest absolute Gasteiger partial charge is 0.227 e. The van der Waals surface area contributed by atoms with E-state index in [2.05, 4.69) is 46.5 Å². The Bertz CT molecular complexity index is 1260. The van der Waals surface area contributed by atoms with Crippen LogP contribution in [-0.2, 0) is 13.0 Å². The summed E-state index contributed by atoms with van der Waals surface area (Å²) in [6, 6.07) is 9.84. The number of hydrogen-bond acceptors (Lipinski definition) is 7. The van der Waals surface area contributed by atoms with Gasteiger partial charge in [0.25, 0.3) is 0 Å². The van der Waals surface area contributed by atoms with Gasteiger partial charge in [0, 0.05) is 23.8 Å². The van der Waals surface area contributed by atoms with E-state index >= 15 is 4.39 Å². The van der Waals surface area contributed by atoms with Crippen molar-refractivity contribution in [1.82, 2.24) is 15.3 Å². The number of hydrogen-bond donors (Lipinski definition) is 2. The van der Waals surface area contributed by atoms with Gasteiger partial charge >= 0.3 is 0 Å². The van der Waals surface area contributed by atoms with Gasteiger partial charge in [0.2, 0.25) is 5.95 Å². The molecule has 2 aliphatic rings. The first-order chi connectivity index (χ1) is 16.7. The van der Waals surface area contributed by atoms with Crippen LogP contribution in [0.1, 0.15) is 38.8 Å². The summed E-state index contributed by atoms with van der Waals surface area (Å²) in [5.74, 6) is 0.744. The summed E-state index contributed by atoms with van der Waals surface area (Å²) in [5, 5.41) is 6.69. The summed E-state index contributed by atoms with van der Waals surface area (Å²) >= 11 is 0. The van der Waals surface area contributed by atoms with E-state index in [1.807, 2.05) is 26.0 Å². The molecule has 0 saturated carbocycles. The van der Waals surface area contributed by atoms with Crippen molar-refractivity contribution in [2.24, 2.45) is 0 Å². The van der Waals surface area contributed by atoms with Crippen molar-refractivity contribution in [1.29, 1.82) is 0 Å². The fourth-order valence-electron chi connectivity index (χ4n) is 4.77. The molecule has 2 aromatic carbocycles. The second-order valence-electron chi connectivity index (χ2n) is 10.0. The van der Waals surface area contributed by atoms with E-state index in [1.54, 1.807) is 13.3 Å². The molecule has 0 radical (unpaired) electrons. The summed E-state index contributed by atoms with van der Waals surface area (Å²) in [6.45, 7) is 10.6. The molecule has 0 aliphatic carbocycles. The lowest BCUT2D eigenvalue weighted by Gasteiger charge is -2.43. The Balaban J connectivity index is 1.53. The number of ether oxygens (including phenoxy) is 2. The van der Waals surface area contributed by atoms with E-state index in [1.165, 1.54) is 17.2 Å². The molecular weight excluding hydrogens is 445 g/mol. The number of methoxy groups -OCH3 is 1. The number of halogens is 1. The first-order valence-electron chi connectivity index (χ1n) is 12.0. The molecule has 0 atom stereocenters. The van der Waals surface area contributed by atoms with E-state index in [0.717, 1.165) is 25.2 Å². The van der Waals surface area contributed by atoms with Gasteiger partial charge in [-0.2, -0.15) is 0 Å². The molecule has 7 nitrogen and oxygen atoms in total. The third-order valence-corrected chi connectivity index (χ3v) is 6.48. The van der Waals surface area contributed by atoms with Crippen molar-refractivity contribution in [2.45, 2.75) is 52.3 Å². The molecule has 0 bridgehead atoms. The Morgan fingerprint density at radius 1 is 1.20 bits per heavy atom. The van der Waals surface area contributed by atoms with Gasteiger partial charge in [-0.25, -0.2) is 14.4 Å². The van der Waals surface area contributed by atoms with Crippen LogP contribution in [0.4, 0.5) is 21.7 Å². The Labute approximate surface area is 205 Å². The minimum absolute atomic E-state index is 0.176. The summed E-state index contributed by atoms with van der Waals surface area (Å²) < 4.78 is 27.0. The van der Waals surface area contributed by atoms with Crippen LogP contribution in [0.3, 0.4) is 0 Å². The molecule has 0 unspecified atom stereocenters. The Hall–Kier alpha value is -3.39. The maximum absolute atomic E-state index is 15.4. The molecule has 1 aromatic heterocycles. The average Bonchev–Trinajstić information content (AvgIpc) is 2.83. The molecule has 0 spiro atoms. The van der Waals surface area contributed by atoms with Gasteiger partial charge in [-0.3, -0.25) is 0 Å². The standard InChI is InChI=1S/C27H32FN5O2/c1-16(2)33-15-27(3,4)35-25-21(28)11-19(12-22(25)33)24-23(34-5)14-30-26(32-24)31-20-7-6-18-13-29-9-8-17(18)10-20/h6-7,10-12,14,16,29H,8-9,13,15H2,1-5H3,(H,30,31,32). The highest BCUT2D eigenvalue weighted by Gasteiger charge is 2.35. The number of rotatable bonds is 5. The van der Waals surface area contributed by atoms with Crippen LogP contribution >= 0.6 is 0 Å². The molecule has 2 aliphatic heterocycles. The van der Waals surface area contributed by atoms with E-state index in [9.17, 15) is 0 Å². The normalized spacial score (nSPS) is 16.4. The lowest BCUT2D eigenvalue weighted by atomic mass is 10.0. The lowest BCUT2D eigenvalue weighted by molar-refractivity contribution is 0.0967. The second kappa shape index (κ2) is 9.00. The summed E-state index contributed by atoms with van der Waals surface area (Å²) in [4.78, 5) is 11.3. The molecule has 8 heteroatoms. The zero-order valence-electron chi connectivity index (χ0n) is 20.9. The van der Waals surface area contributed by atoms with Crippen molar-refractivity contribution in [3.05, 3.63) is 53.5 Å². The van der Waals surface area contributed by atoms with Gasteiger partial charge in [0.05, 0.1) is 25.5 Å². The van der Waals surface area contributed by atoms with Crippen LogP contribution in [0.5, 0.6) is 11.5 Å². The van der Waals surface area contributed by atoms with Crippen molar-refractivity contribution >= 4 is 17.3 Å². The van der Waals surface area contributed by atoms with Crippen molar-refractivity contribution < 1.29 is 13.9 Å². The van der Waals surface area contributed by atoms with Gasteiger partial charge in [0.15, 0.2) is 17.3 Å². The van der Waals surface area contributed by atoms with Gasteiger partial charge in [-0.05, 0) is 76.1 Å². The van der Waals surface area contributed by atoms with E-state index in [4.69, 9.17) is 14.5 Å². The van der Waals surface area contributed by atoms with Gasteiger partial charge < -0.3 is 25.0 Å². The molecule has 5 rings (SSSR count). The predicted molar refractivity (Wildman–Crippen MR) is 136 cm³/mol. The lowest BCUT2D eigenvalue weighted by Crippen LogP contribution is -2.49. The summed E-state index contributed by atoms with van der Waals surface area (Å²) in [5.41, 5.74) is 4.89. The molecule has 0 fully saturated rings. The quantitative estimate of drug-likeness (QED) is 0.532. The summed E-state index contributed by atoms with van der Waals surface area (Å²) in [6.07, 6.45) is 2.60. The highest BCUT2D eigenvalue weighted by atomic mass is 19.1. The van der Waals surface area contributed by atoms with Crippen LogP contribution in [0.25, 0.3) is 11.3 Å². The first kappa shape index (κ1) is 23.4. The van der Waals surface area contributed by atoms with Crippen molar-refractivity contribution in [2.75, 3.05) is 30.4 Å². The number of benzene rings is 2. The van der Waals surface area contributed by atoms with Gasteiger partial charge in [-0.1, -0.05) is 6.07 Å². The van der Waals surface area contributed by atoms with Gasteiger partial charge in [0.1, 0.15) is 11.3 Å². The van der Waals surface area contributed by atoms with E-state index < -0.39 is 11.4 Å². The molecule has 35 heavy (non-hydrogen) atoms. The molecule has 0 saturated heterocycles. The van der Waals surface area contributed by atoms with Crippen LogP contribution < -0.4 is 25.0 Å². The fraction of sp³-hybridized carbons (Fsp3) is 0.407. The van der Waals surface area contributed by atoms with E-state index in [-0.39, 0.29) is 11.8 Å². The minimum atomic E-state index is -0.492. The average molecular weight is 478 g/mol. The molecule has 3 heterocycles. The molecule has 3 aromatic rings. The van der Waals surface area contributed by atoms with Crippen LogP contribution in [0.2, 0.25) is 0 Å². The van der Waals surface area contributed by atoms with Crippen molar-refractivity contribution in [3.63, 3.8) is 0 Å². The maximum Gasteiger partial charge on any atom is 0.227 e. The first-order valence-corrected chi connectivity index (χ1v) is 12.0. The van der Waals surface area contributed by atoms with Crippen LogP contribution in [0.15, 0.2) is 36.5 Å². The maximum atomic E-state index is 15.4. The topological polar surface area (TPSA) is 71.5 Å². The second-order valence-corrected chi connectivity index (χ2v) is 10.0. The third kappa shape index (κ3) is 4.62. The molecule has 0 amide bonds. The fourth-order valence-corrected chi connectivity index (χ4v) is 4.77. The molecule has 2 N–H and O–H groups in total. The number of aromatic nitrogens is 2. The zero-order valence-corrected chi connectivity index (χ0v) is 20.9.